The molecule has 0 aliphatic heterocycles. The lowest BCUT2D eigenvalue weighted by Crippen LogP contribution is -2.29. The maximum absolute atomic E-state index is 13.5. The second kappa shape index (κ2) is 12.1. The molecule has 10 heteroatoms. The van der Waals surface area contributed by atoms with Crippen LogP contribution in [0, 0.1) is 0 Å². The molecule has 4 rings (SSSR count). The first-order valence-electron chi connectivity index (χ1n) is 12.3. The maximum atomic E-state index is 13.5. The molecule has 0 radical (unpaired) electrons. The summed E-state index contributed by atoms with van der Waals surface area (Å²) in [6.45, 7) is 7.99. The zero-order valence-electron chi connectivity index (χ0n) is 22.0. The number of halogens is 2. The molecule has 202 valence electrons. The lowest BCUT2D eigenvalue weighted by atomic mass is 9.95. The average molecular weight is 656 g/mol. The molecule has 0 aliphatic rings. The van der Waals surface area contributed by atoms with Gasteiger partial charge < -0.3 is 14.8 Å². The van der Waals surface area contributed by atoms with Crippen LogP contribution in [0.2, 0.25) is 0 Å². The Morgan fingerprint density at radius 1 is 1.05 bits per heavy atom. The number of carbonyl (C=O) groups excluding carboxylic acids is 1. The summed E-state index contributed by atoms with van der Waals surface area (Å²) in [5.41, 5.74) is 1.24. The molecule has 1 heterocycles. The van der Waals surface area contributed by atoms with Gasteiger partial charge in [0.25, 0.3) is 11.5 Å². The molecule has 1 aromatic heterocycles. The number of aromatic nitrogens is 2. The van der Waals surface area contributed by atoms with Crippen molar-refractivity contribution in [2.24, 2.45) is 5.10 Å². The number of rotatable bonds is 8. The Hall–Kier alpha value is -3.50. The number of fused-ring (bicyclic) bond motifs is 1. The highest BCUT2D eigenvalue weighted by atomic mass is 79.9. The topological polar surface area (TPSA) is 94.8 Å². The number of hydrogen-bond donors (Lipinski definition) is 1. The van der Waals surface area contributed by atoms with Crippen LogP contribution in [0.1, 0.15) is 39.1 Å². The van der Waals surface area contributed by atoms with E-state index >= 15 is 0 Å². The summed E-state index contributed by atoms with van der Waals surface area (Å²) in [4.78, 5) is 30.6. The van der Waals surface area contributed by atoms with Crippen LogP contribution in [-0.4, -0.2) is 35.0 Å². The number of benzene rings is 3. The van der Waals surface area contributed by atoms with Crippen molar-refractivity contribution in [3.63, 3.8) is 0 Å². The minimum atomic E-state index is -0.441. The van der Waals surface area contributed by atoms with Crippen molar-refractivity contribution in [3.8, 4) is 11.5 Å². The summed E-state index contributed by atoms with van der Waals surface area (Å²) in [6, 6.07) is 18.0. The molecule has 0 spiro atoms. The lowest BCUT2D eigenvalue weighted by molar-refractivity contribution is -0.118. The van der Waals surface area contributed by atoms with Gasteiger partial charge in [-0.05, 0) is 65.3 Å². The van der Waals surface area contributed by atoms with Crippen molar-refractivity contribution in [2.45, 2.75) is 33.1 Å². The molecule has 1 amide bonds. The second-order valence-corrected chi connectivity index (χ2v) is 11.4. The quantitative estimate of drug-likeness (QED) is 0.218. The number of nitrogens with zero attached hydrogens (tertiary/aromatic N) is 3. The van der Waals surface area contributed by atoms with Crippen LogP contribution in [0.3, 0.4) is 0 Å². The predicted octanol–water partition coefficient (Wildman–Crippen LogP) is 6.52. The van der Waals surface area contributed by atoms with E-state index in [1.807, 2.05) is 58.0 Å². The van der Waals surface area contributed by atoms with E-state index in [0.717, 1.165) is 4.47 Å². The Morgan fingerprint density at radius 2 is 1.77 bits per heavy atom. The summed E-state index contributed by atoms with van der Waals surface area (Å²) >= 11 is 6.99. The van der Waals surface area contributed by atoms with Gasteiger partial charge in [-0.1, -0.05) is 54.9 Å². The third kappa shape index (κ3) is 6.93. The van der Waals surface area contributed by atoms with Gasteiger partial charge in [0.15, 0.2) is 18.1 Å². The Kier molecular flexibility index (Phi) is 8.87. The van der Waals surface area contributed by atoms with Gasteiger partial charge in [0.05, 0.1) is 23.7 Å². The first-order valence-corrected chi connectivity index (χ1v) is 13.9. The van der Waals surface area contributed by atoms with E-state index < -0.39 is 5.41 Å². The molecule has 0 fully saturated rings. The van der Waals surface area contributed by atoms with Crippen LogP contribution in [0.5, 0.6) is 11.5 Å². The summed E-state index contributed by atoms with van der Waals surface area (Å²) < 4.78 is 14.3. The summed E-state index contributed by atoms with van der Waals surface area (Å²) in [6.07, 6.45) is 1.57. The van der Waals surface area contributed by atoms with Gasteiger partial charge in [-0.15, -0.1) is 0 Å². The summed E-state index contributed by atoms with van der Waals surface area (Å²) in [7, 11) is 0. The molecule has 3 aromatic carbocycles. The van der Waals surface area contributed by atoms with Crippen molar-refractivity contribution in [1.82, 2.24) is 9.66 Å². The van der Waals surface area contributed by atoms with Crippen LogP contribution in [0.25, 0.3) is 10.9 Å². The van der Waals surface area contributed by atoms with E-state index in [1.165, 1.54) is 4.68 Å². The van der Waals surface area contributed by atoms with E-state index in [2.05, 4.69) is 42.3 Å². The Morgan fingerprint density at radius 3 is 2.46 bits per heavy atom. The van der Waals surface area contributed by atoms with Crippen molar-refractivity contribution in [3.05, 3.63) is 91.4 Å². The molecule has 1 N–H and O–H groups in total. The highest BCUT2D eigenvalue weighted by Crippen LogP contribution is 2.33. The predicted molar refractivity (Wildman–Crippen MR) is 161 cm³/mol. The van der Waals surface area contributed by atoms with Crippen LogP contribution in [-0.2, 0) is 10.2 Å². The number of para-hydroxylation sites is 1. The zero-order chi connectivity index (χ0) is 28.2. The molecule has 0 saturated carbocycles. The molecule has 0 aliphatic carbocycles. The highest BCUT2D eigenvalue weighted by molar-refractivity contribution is 9.10. The molecule has 0 bridgehead atoms. The number of ether oxygens (including phenoxy) is 2. The summed E-state index contributed by atoms with van der Waals surface area (Å²) in [5.74, 6) is 1.08. The van der Waals surface area contributed by atoms with Crippen molar-refractivity contribution in [2.75, 3.05) is 18.5 Å². The van der Waals surface area contributed by atoms with Crippen molar-refractivity contribution < 1.29 is 14.3 Å². The number of amides is 1. The monoisotopic (exact) mass is 654 g/mol. The van der Waals surface area contributed by atoms with Crippen molar-refractivity contribution >= 4 is 60.6 Å². The Labute approximate surface area is 243 Å². The fraction of sp³-hybridized carbons (Fsp3) is 0.241. The maximum Gasteiger partial charge on any atom is 0.282 e. The van der Waals surface area contributed by atoms with Crippen LogP contribution in [0.4, 0.5) is 5.69 Å². The molecule has 39 heavy (non-hydrogen) atoms. The van der Waals surface area contributed by atoms with Crippen LogP contribution in [0.15, 0.2) is 79.5 Å². The van der Waals surface area contributed by atoms with Gasteiger partial charge >= 0.3 is 0 Å². The second-order valence-electron chi connectivity index (χ2n) is 9.66. The highest BCUT2D eigenvalue weighted by Gasteiger charge is 2.23. The molecule has 0 unspecified atom stereocenters. The van der Waals surface area contributed by atoms with E-state index in [0.29, 0.717) is 50.6 Å². The third-order valence-corrected chi connectivity index (χ3v) is 6.75. The van der Waals surface area contributed by atoms with E-state index in [4.69, 9.17) is 14.5 Å². The zero-order valence-corrected chi connectivity index (χ0v) is 25.2. The van der Waals surface area contributed by atoms with E-state index in [9.17, 15) is 9.59 Å². The standard InChI is InChI=1S/C29H28Br2N4O4/c1-5-38-24-13-18(22(31)15-25(24)39-17-26(36)33-20-9-7-6-8-10-20)16-32-35-27(37)21-14-19(30)11-12-23(21)34-28(35)29(2,3)4/h6-16H,5,17H2,1-4H3,(H,33,36). The smallest absolute Gasteiger partial charge is 0.282 e. The fourth-order valence-electron chi connectivity index (χ4n) is 3.75. The molecule has 4 aromatic rings. The Bertz CT molecular complexity index is 1600. The molecule has 8 nitrogen and oxygen atoms in total. The average Bonchev–Trinajstić information content (AvgIpc) is 2.89. The van der Waals surface area contributed by atoms with Crippen LogP contribution >= 0.6 is 31.9 Å². The van der Waals surface area contributed by atoms with Gasteiger partial charge in [0.2, 0.25) is 0 Å². The molecular weight excluding hydrogens is 628 g/mol. The van der Waals surface area contributed by atoms with Gasteiger partial charge in [-0.2, -0.15) is 9.78 Å². The van der Waals surface area contributed by atoms with Crippen molar-refractivity contribution in [1.29, 1.82) is 0 Å². The minimum absolute atomic E-state index is 0.197. The van der Waals surface area contributed by atoms with Crippen LogP contribution < -0.4 is 20.3 Å². The molecular formula is C29H28Br2N4O4. The third-order valence-electron chi connectivity index (χ3n) is 5.57. The Balaban J connectivity index is 1.65. The minimum Gasteiger partial charge on any atom is -0.490 e. The van der Waals surface area contributed by atoms with Gasteiger partial charge in [0.1, 0.15) is 5.82 Å². The first-order chi connectivity index (χ1) is 18.6. The lowest BCUT2D eigenvalue weighted by Gasteiger charge is -2.21. The number of anilines is 1. The summed E-state index contributed by atoms with van der Waals surface area (Å²) in [5, 5.41) is 7.79. The number of carbonyl (C=O) groups is 1. The first kappa shape index (κ1) is 28.5. The molecule has 0 saturated heterocycles. The van der Waals surface area contributed by atoms with Gasteiger partial charge in [-0.3, -0.25) is 9.59 Å². The number of nitrogens with one attached hydrogen (secondary N) is 1. The molecule has 0 atom stereocenters. The van der Waals surface area contributed by atoms with E-state index in [1.54, 1.807) is 36.5 Å². The van der Waals surface area contributed by atoms with Gasteiger partial charge in [0, 0.05) is 25.6 Å². The number of hydrogen-bond acceptors (Lipinski definition) is 6. The largest absolute Gasteiger partial charge is 0.490 e. The van der Waals surface area contributed by atoms with Gasteiger partial charge in [-0.25, -0.2) is 4.98 Å². The SMILES string of the molecule is CCOc1cc(C=Nn2c(C(C)(C)C)nc3ccc(Br)cc3c2=O)c(Br)cc1OCC(=O)Nc1ccccc1. The normalized spacial score (nSPS) is 11.6. The fourth-order valence-corrected chi connectivity index (χ4v) is 4.54. The van der Waals surface area contributed by atoms with E-state index in [-0.39, 0.29) is 18.1 Å².